The summed E-state index contributed by atoms with van der Waals surface area (Å²) in [6.45, 7) is 5.04. The maximum atomic E-state index is 11.9. The van der Waals surface area contributed by atoms with Crippen LogP contribution in [-0.4, -0.2) is 35.5 Å². The van der Waals surface area contributed by atoms with E-state index in [0.717, 1.165) is 0 Å². The number of primary amides is 1. The Balaban J connectivity index is 2.18. The van der Waals surface area contributed by atoms with E-state index in [1.807, 2.05) is 18.7 Å². The van der Waals surface area contributed by atoms with Crippen LogP contribution < -0.4 is 16.0 Å². The van der Waals surface area contributed by atoms with E-state index in [-0.39, 0.29) is 22.6 Å². The molecule has 1 aromatic rings. The molecule has 7 nitrogen and oxygen atoms in total. The molecule has 2 rings (SSSR count). The molecule has 1 saturated heterocycles. The number of carbonyl (C=O) groups is 1. The first-order valence-electron chi connectivity index (χ1n) is 7.42. The van der Waals surface area contributed by atoms with E-state index in [4.69, 9.17) is 5.73 Å². The number of hydrogen-bond acceptors (Lipinski definition) is 5. The van der Waals surface area contributed by atoms with E-state index in [1.54, 1.807) is 18.2 Å². The molecule has 0 spiro atoms. The lowest BCUT2D eigenvalue weighted by Gasteiger charge is -2.42. The number of nitro benzene ring substituents is 1. The summed E-state index contributed by atoms with van der Waals surface area (Å²) in [5.41, 5.74) is 5.54. The Morgan fingerprint density at radius 2 is 1.95 bits per heavy atom. The van der Waals surface area contributed by atoms with Crippen LogP contribution in [0.5, 0.6) is 0 Å². The van der Waals surface area contributed by atoms with Crippen molar-refractivity contribution in [2.45, 2.75) is 38.3 Å². The Morgan fingerprint density at radius 1 is 1.36 bits per heavy atom. The fourth-order valence-corrected chi connectivity index (χ4v) is 3.03. The van der Waals surface area contributed by atoms with E-state index in [2.05, 4.69) is 5.32 Å². The molecule has 7 heteroatoms. The second kappa shape index (κ2) is 6.31. The molecular weight excluding hydrogens is 284 g/mol. The summed E-state index contributed by atoms with van der Waals surface area (Å²) in [5.74, 6) is -0.358. The summed E-state index contributed by atoms with van der Waals surface area (Å²) in [6, 6.07) is 6.82. The normalized spacial score (nSPS) is 17.5. The largest absolute Gasteiger partial charge is 0.368 e. The number of nitrogens with one attached hydrogen (secondary N) is 1. The third kappa shape index (κ3) is 3.19. The zero-order valence-corrected chi connectivity index (χ0v) is 12.9. The minimum Gasteiger partial charge on any atom is -0.368 e. The van der Waals surface area contributed by atoms with E-state index in [9.17, 15) is 14.9 Å². The Hall–Kier alpha value is -2.15. The van der Waals surface area contributed by atoms with Crippen molar-refractivity contribution < 1.29 is 9.72 Å². The number of anilines is 1. The fourth-order valence-electron chi connectivity index (χ4n) is 3.03. The topological polar surface area (TPSA) is 102 Å². The van der Waals surface area contributed by atoms with Gasteiger partial charge >= 0.3 is 0 Å². The number of nitro groups is 1. The van der Waals surface area contributed by atoms with Gasteiger partial charge in [-0.05, 0) is 32.8 Å². The first-order valence-corrected chi connectivity index (χ1v) is 7.42. The number of carbonyl (C=O) groups excluding carboxylic acids is 1. The number of piperidine rings is 1. The van der Waals surface area contributed by atoms with Crippen LogP contribution in [0.15, 0.2) is 24.3 Å². The molecule has 22 heavy (non-hydrogen) atoms. The lowest BCUT2D eigenvalue weighted by Crippen LogP contribution is -2.62. The molecule has 1 heterocycles. The molecule has 1 aromatic carbocycles. The van der Waals surface area contributed by atoms with Gasteiger partial charge in [0, 0.05) is 25.2 Å². The molecule has 1 amide bonds. The SMILES string of the molecule is CC(C)NC1(C(N)=O)CCN(c2ccccc2[N+](=O)[O-])CC1. The number of para-hydroxylation sites is 2. The van der Waals surface area contributed by atoms with Crippen LogP contribution in [0.4, 0.5) is 11.4 Å². The summed E-state index contributed by atoms with van der Waals surface area (Å²) in [5, 5.41) is 14.4. The van der Waals surface area contributed by atoms with Crippen LogP contribution in [0, 0.1) is 10.1 Å². The van der Waals surface area contributed by atoms with Gasteiger partial charge < -0.3 is 16.0 Å². The number of nitrogens with two attached hydrogens (primary N) is 1. The van der Waals surface area contributed by atoms with Gasteiger partial charge in [-0.1, -0.05) is 12.1 Å². The number of benzene rings is 1. The quantitative estimate of drug-likeness (QED) is 0.632. The van der Waals surface area contributed by atoms with Crippen LogP contribution in [0.1, 0.15) is 26.7 Å². The number of hydrogen-bond donors (Lipinski definition) is 2. The van der Waals surface area contributed by atoms with Gasteiger partial charge in [0.25, 0.3) is 5.69 Å². The fraction of sp³-hybridized carbons (Fsp3) is 0.533. The molecule has 0 bridgehead atoms. The summed E-state index contributed by atoms with van der Waals surface area (Å²) in [4.78, 5) is 24.6. The standard InChI is InChI=1S/C15H22N4O3/c1-11(2)17-15(14(16)20)7-9-18(10-8-15)12-5-3-4-6-13(12)19(21)22/h3-6,11,17H,7-10H2,1-2H3,(H2,16,20). The van der Waals surface area contributed by atoms with Crippen LogP contribution in [0.2, 0.25) is 0 Å². The summed E-state index contributed by atoms with van der Waals surface area (Å²) in [7, 11) is 0. The van der Waals surface area contributed by atoms with E-state index in [0.29, 0.717) is 31.6 Å². The third-order valence-electron chi connectivity index (χ3n) is 4.07. The lowest BCUT2D eigenvalue weighted by atomic mass is 9.85. The van der Waals surface area contributed by atoms with Crippen molar-refractivity contribution in [1.29, 1.82) is 0 Å². The monoisotopic (exact) mass is 306 g/mol. The van der Waals surface area contributed by atoms with Gasteiger partial charge in [-0.15, -0.1) is 0 Å². The minimum atomic E-state index is -0.728. The van der Waals surface area contributed by atoms with Crippen molar-refractivity contribution in [3.63, 3.8) is 0 Å². The van der Waals surface area contributed by atoms with Crippen molar-refractivity contribution in [3.05, 3.63) is 34.4 Å². The predicted octanol–water partition coefficient (Wildman–Crippen LogP) is 1.42. The lowest BCUT2D eigenvalue weighted by molar-refractivity contribution is -0.384. The second-order valence-corrected chi connectivity index (χ2v) is 5.98. The molecule has 3 N–H and O–H groups in total. The summed E-state index contributed by atoms with van der Waals surface area (Å²) < 4.78 is 0. The smallest absolute Gasteiger partial charge is 0.292 e. The van der Waals surface area contributed by atoms with Crippen molar-refractivity contribution in [3.8, 4) is 0 Å². The molecule has 0 aliphatic carbocycles. The zero-order valence-electron chi connectivity index (χ0n) is 12.9. The average molecular weight is 306 g/mol. The molecule has 120 valence electrons. The number of amides is 1. The number of rotatable bonds is 5. The Labute approximate surface area is 129 Å². The van der Waals surface area contributed by atoms with E-state index < -0.39 is 5.54 Å². The van der Waals surface area contributed by atoms with Gasteiger partial charge in [0.2, 0.25) is 5.91 Å². The molecule has 1 fully saturated rings. The van der Waals surface area contributed by atoms with Gasteiger partial charge in [-0.25, -0.2) is 0 Å². The summed E-state index contributed by atoms with van der Waals surface area (Å²) in [6.07, 6.45) is 1.07. The van der Waals surface area contributed by atoms with Crippen molar-refractivity contribution >= 4 is 17.3 Å². The van der Waals surface area contributed by atoms with Crippen molar-refractivity contribution in [2.24, 2.45) is 5.73 Å². The van der Waals surface area contributed by atoms with Gasteiger partial charge in [-0.3, -0.25) is 14.9 Å². The second-order valence-electron chi connectivity index (χ2n) is 5.98. The van der Waals surface area contributed by atoms with Gasteiger partial charge in [0.1, 0.15) is 11.2 Å². The Morgan fingerprint density at radius 3 is 2.45 bits per heavy atom. The first kappa shape index (κ1) is 16.2. The van der Waals surface area contributed by atoms with Crippen molar-refractivity contribution in [1.82, 2.24) is 5.32 Å². The van der Waals surface area contributed by atoms with E-state index in [1.165, 1.54) is 6.07 Å². The highest BCUT2D eigenvalue weighted by Crippen LogP contribution is 2.32. The molecule has 0 saturated carbocycles. The highest BCUT2D eigenvalue weighted by Gasteiger charge is 2.40. The molecular formula is C15H22N4O3. The van der Waals surface area contributed by atoms with Gasteiger partial charge in [0.05, 0.1) is 4.92 Å². The van der Waals surface area contributed by atoms with E-state index >= 15 is 0 Å². The highest BCUT2D eigenvalue weighted by atomic mass is 16.6. The molecule has 1 aliphatic heterocycles. The zero-order chi connectivity index (χ0) is 16.3. The van der Waals surface area contributed by atoms with Crippen molar-refractivity contribution in [2.75, 3.05) is 18.0 Å². The highest BCUT2D eigenvalue weighted by molar-refractivity contribution is 5.85. The molecule has 0 unspecified atom stereocenters. The van der Waals surface area contributed by atoms with Gasteiger partial charge in [-0.2, -0.15) is 0 Å². The van der Waals surface area contributed by atoms with Crippen LogP contribution in [-0.2, 0) is 4.79 Å². The maximum Gasteiger partial charge on any atom is 0.292 e. The maximum absolute atomic E-state index is 11.9. The molecule has 1 aliphatic rings. The third-order valence-corrected chi connectivity index (χ3v) is 4.07. The van der Waals surface area contributed by atoms with Crippen LogP contribution in [0.3, 0.4) is 0 Å². The minimum absolute atomic E-state index is 0.0888. The molecule has 0 radical (unpaired) electrons. The van der Waals surface area contributed by atoms with Gasteiger partial charge in [0.15, 0.2) is 0 Å². The molecule has 0 aromatic heterocycles. The molecule has 0 atom stereocenters. The predicted molar refractivity (Wildman–Crippen MR) is 84.7 cm³/mol. The van der Waals surface area contributed by atoms with Crippen LogP contribution in [0.25, 0.3) is 0 Å². The summed E-state index contributed by atoms with van der Waals surface area (Å²) >= 11 is 0. The first-order chi connectivity index (χ1) is 10.4. The number of nitrogens with zero attached hydrogens (tertiary/aromatic N) is 2. The Kier molecular flexibility index (Phi) is 4.65. The van der Waals surface area contributed by atoms with Crippen LogP contribution >= 0.6 is 0 Å². The Bertz CT molecular complexity index is 566. The average Bonchev–Trinajstić information content (AvgIpc) is 2.47.